The fourth-order valence-corrected chi connectivity index (χ4v) is 0.322. The van der Waals surface area contributed by atoms with E-state index in [0.717, 1.165) is 0 Å². The van der Waals surface area contributed by atoms with E-state index in [1.807, 2.05) is 33.8 Å². The van der Waals surface area contributed by atoms with Crippen LogP contribution in [0.1, 0.15) is 34.1 Å². The molecule has 0 bridgehead atoms. The molecule has 0 saturated carbocycles. The van der Waals surface area contributed by atoms with Crippen LogP contribution in [0.2, 0.25) is 0 Å². The first-order valence-corrected chi connectivity index (χ1v) is 4.50. The van der Waals surface area contributed by atoms with E-state index in [1.165, 1.54) is 0 Å². The van der Waals surface area contributed by atoms with Crippen molar-refractivity contribution in [2.24, 2.45) is 5.73 Å². The molecule has 0 unspecified atom stereocenters. The van der Waals surface area contributed by atoms with Crippen LogP contribution in [0.25, 0.3) is 0 Å². The highest BCUT2D eigenvalue weighted by Gasteiger charge is 1.89. The molecule has 0 atom stereocenters. The summed E-state index contributed by atoms with van der Waals surface area (Å²) in [7, 11) is 0. The summed E-state index contributed by atoms with van der Waals surface area (Å²) in [5.41, 5.74) is 7.84. The molecule has 0 rings (SSSR count). The van der Waals surface area contributed by atoms with Crippen molar-refractivity contribution >= 4 is 0 Å². The van der Waals surface area contributed by atoms with Gasteiger partial charge in [0.15, 0.2) is 0 Å². The van der Waals surface area contributed by atoms with Gasteiger partial charge in [-0.1, -0.05) is 13.8 Å². The normalized spacial score (nSPS) is 9.38. The van der Waals surface area contributed by atoms with Gasteiger partial charge in [-0.2, -0.15) is 5.26 Å². The Balaban J connectivity index is 0. The molecule has 0 aliphatic heterocycles. The van der Waals surface area contributed by atoms with Gasteiger partial charge in [0.1, 0.15) is 0 Å². The zero-order valence-corrected chi connectivity index (χ0v) is 9.00. The van der Waals surface area contributed by atoms with Crippen molar-refractivity contribution in [3.63, 3.8) is 0 Å². The molecule has 4 nitrogen and oxygen atoms in total. The summed E-state index contributed by atoms with van der Waals surface area (Å²) in [4.78, 5) is 4.86. The van der Waals surface area contributed by atoms with E-state index in [1.54, 1.807) is 0 Å². The minimum Gasteiger partial charge on any atom is -0.328 e. The van der Waals surface area contributed by atoms with Gasteiger partial charge in [0, 0.05) is 6.04 Å². The Morgan fingerprint density at radius 3 is 2.15 bits per heavy atom. The Hall–Kier alpha value is -0.630. The number of hydroxylamine groups is 1. The Kier molecular flexibility index (Phi) is 13.0. The summed E-state index contributed by atoms with van der Waals surface area (Å²) in [6, 6.07) is 2.63. The number of hydrogen-bond acceptors (Lipinski definition) is 4. The molecule has 13 heavy (non-hydrogen) atoms. The van der Waals surface area contributed by atoms with E-state index in [-0.39, 0.29) is 0 Å². The number of nitrogens with zero attached hydrogens (tertiary/aromatic N) is 1. The smallest absolute Gasteiger partial charge is 0.0812 e. The molecule has 0 aliphatic carbocycles. The maximum atomic E-state index is 8.07. The lowest BCUT2D eigenvalue weighted by Gasteiger charge is -2.05. The minimum atomic E-state index is 0.323. The molecule has 0 radical (unpaired) electrons. The van der Waals surface area contributed by atoms with Crippen LogP contribution in [0, 0.1) is 11.3 Å². The predicted octanol–water partition coefficient (Wildman–Crippen LogP) is 1.18. The summed E-state index contributed by atoms with van der Waals surface area (Å²) in [5, 5.41) is 8.07. The lowest BCUT2D eigenvalue weighted by molar-refractivity contribution is 0.0277. The molecule has 0 spiro atoms. The third kappa shape index (κ3) is 34.6. The average molecular weight is 187 g/mol. The third-order valence-corrected chi connectivity index (χ3v) is 0.635. The molecule has 0 aliphatic rings. The second-order valence-corrected chi connectivity index (χ2v) is 3.27. The summed E-state index contributed by atoms with van der Waals surface area (Å²) in [6.07, 6.45) is 0.444. The highest BCUT2D eigenvalue weighted by molar-refractivity contribution is 4.66. The molecule has 78 valence electrons. The molecule has 0 heterocycles. The molecule has 3 N–H and O–H groups in total. The SMILES string of the molecule is CC(C)N.CC(C)NOCCC#N. The second-order valence-electron chi connectivity index (χ2n) is 3.27. The van der Waals surface area contributed by atoms with Gasteiger partial charge < -0.3 is 10.6 Å². The van der Waals surface area contributed by atoms with Gasteiger partial charge in [-0.3, -0.25) is 0 Å². The standard InChI is InChI=1S/C6H12N2O.C3H9N/c1-6(2)8-9-5-3-4-7;1-3(2)4/h6,8H,3,5H2,1-2H3;3H,4H2,1-2H3. The summed E-state index contributed by atoms with van der Waals surface area (Å²) in [5.74, 6) is 0. The number of nitriles is 1. The molecule has 0 aromatic carbocycles. The Bertz CT molecular complexity index is 127. The molecule has 0 aromatic rings. The van der Waals surface area contributed by atoms with Crippen LogP contribution < -0.4 is 11.2 Å². The first-order valence-electron chi connectivity index (χ1n) is 4.50. The summed E-state index contributed by atoms with van der Waals surface area (Å²) in [6.45, 7) is 8.31. The maximum Gasteiger partial charge on any atom is 0.0812 e. The monoisotopic (exact) mass is 187 g/mol. The van der Waals surface area contributed by atoms with Crippen molar-refractivity contribution in [1.29, 1.82) is 5.26 Å². The van der Waals surface area contributed by atoms with Gasteiger partial charge >= 0.3 is 0 Å². The largest absolute Gasteiger partial charge is 0.328 e. The number of nitrogens with two attached hydrogens (primary N) is 1. The zero-order valence-electron chi connectivity index (χ0n) is 9.00. The van der Waals surface area contributed by atoms with Crippen LogP contribution in [0.3, 0.4) is 0 Å². The molecule has 0 fully saturated rings. The van der Waals surface area contributed by atoms with E-state index in [9.17, 15) is 0 Å². The molecule has 0 amide bonds. The van der Waals surface area contributed by atoms with E-state index < -0.39 is 0 Å². The fraction of sp³-hybridized carbons (Fsp3) is 0.889. The van der Waals surface area contributed by atoms with Gasteiger partial charge in [-0.25, -0.2) is 5.48 Å². The zero-order chi connectivity index (χ0) is 10.7. The van der Waals surface area contributed by atoms with E-state index in [4.69, 9.17) is 15.8 Å². The highest BCUT2D eigenvalue weighted by atomic mass is 16.6. The summed E-state index contributed by atoms with van der Waals surface area (Å²) < 4.78 is 0. The topological polar surface area (TPSA) is 71.1 Å². The Labute approximate surface area is 81.0 Å². The van der Waals surface area contributed by atoms with Gasteiger partial charge in [-0.15, -0.1) is 0 Å². The fourth-order valence-electron chi connectivity index (χ4n) is 0.322. The summed E-state index contributed by atoms with van der Waals surface area (Å²) >= 11 is 0. The van der Waals surface area contributed by atoms with Crippen LogP contribution in [-0.4, -0.2) is 18.7 Å². The van der Waals surface area contributed by atoms with Gasteiger partial charge in [0.2, 0.25) is 0 Å². The lowest BCUT2D eigenvalue weighted by atomic mass is 10.4. The molecule has 4 heteroatoms. The molecule has 0 aromatic heterocycles. The van der Waals surface area contributed by atoms with Gasteiger partial charge in [-0.05, 0) is 19.9 Å². The molecular weight excluding hydrogens is 166 g/mol. The first kappa shape index (κ1) is 14.9. The highest BCUT2D eigenvalue weighted by Crippen LogP contribution is 1.79. The van der Waals surface area contributed by atoms with Crippen LogP contribution in [0.4, 0.5) is 0 Å². The number of rotatable bonds is 4. The number of nitrogens with one attached hydrogen (secondary N) is 1. The Morgan fingerprint density at radius 2 is 1.85 bits per heavy atom. The van der Waals surface area contributed by atoms with Crippen molar-refractivity contribution in [2.75, 3.05) is 6.61 Å². The van der Waals surface area contributed by atoms with Gasteiger partial charge in [0.25, 0.3) is 0 Å². The minimum absolute atomic E-state index is 0.323. The van der Waals surface area contributed by atoms with E-state index >= 15 is 0 Å². The average Bonchev–Trinajstić information content (AvgIpc) is 1.97. The van der Waals surface area contributed by atoms with Crippen molar-refractivity contribution < 1.29 is 4.84 Å². The van der Waals surface area contributed by atoms with Crippen LogP contribution >= 0.6 is 0 Å². The second kappa shape index (κ2) is 11.4. The van der Waals surface area contributed by atoms with Crippen molar-refractivity contribution in [3.05, 3.63) is 0 Å². The van der Waals surface area contributed by atoms with Crippen LogP contribution in [-0.2, 0) is 4.84 Å². The van der Waals surface area contributed by atoms with Crippen molar-refractivity contribution in [1.82, 2.24) is 5.48 Å². The third-order valence-electron chi connectivity index (χ3n) is 0.635. The Morgan fingerprint density at radius 1 is 1.38 bits per heavy atom. The van der Waals surface area contributed by atoms with Crippen LogP contribution in [0.5, 0.6) is 0 Å². The van der Waals surface area contributed by atoms with E-state index in [0.29, 0.717) is 25.1 Å². The van der Waals surface area contributed by atoms with Crippen LogP contribution in [0.15, 0.2) is 0 Å². The van der Waals surface area contributed by atoms with Crippen molar-refractivity contribution in [2.45, 2.75) is 46.2 Å². The quantitative estimate of drug-likeness (QED) is 0.512. The maximum absolute atomic E-state index is 8.07. The number of hydrogen-bond donors (Lipinski definition) is 2. The van der Waals surface area contributed by atoms with E-state index in [2.05, 4.69) is 5.48 Å². The first-order chi connectivity index (χ1) is 6.00. The predicted molar refractivity (Wildman–Crippen MR) is 53.8 cm³/mol. The van der Waals surface area contributed by atoms with Crippen molar-refractivity contribution in [3.8, 4) is 6.07 Å². The molecule has 0 saturated heterocycles. The molecular formula is C9H21N3O. The van der Waals surface area contributed by atoms with Gasteiger partial charge in [0.05, 0.1) is 19.1 Å². The lowest BCUT2D eigenvalue weighted by Crippen LogP contribution is -2.23.